The largest absolute Gasteiger partial charge is 0.324 e. The molecular weight excluding hydrogens is 378 g/mol. The number of nitrogens with zero attached hydrogens (tertiary/aromatic N) is 1. The van der Waals surface area contributed by atoms with Gasteiger partial charge in [0.2, 0.25) is 5.91 Å². The predicted octanol–water partition coefficient (Wildman–Crippen LogP) is 2.45. The molecule has 2 fully saturated rings. The van der Waals surface area contributed by atoms with Crippen LogP contribution in [0.3, 0.4) is 0 Å². The molecule has 5 nitrogen and oxygen atoms in total. The maximum Gasteiger partial charge on any atom is 0.251 e. The lowest BCUT2D eigenvalue weighted by atomic mass is 9.72. The van der Waals surface area contributed by atoms with Crippen molar-refractivity contribution in [1.82, 2.24) is 10.2 Å². The summed E-state index contributed by atoms with van der Waals surface area (Å²) in [6.45, 7) is 0.578. The maximum absolute atomic E-state index is 13.5. The molecule has 2 spiro atoms. The second-order valence-electron chi connectivity index (χ2n) is 7.13. The van der Waals surface area contributed by atoms with Gasteiger partial charge in [-0.05, 0) is 18.7 Å². The Hall–Kier alpha value is -2.22. The quantitative estimate of drug-likeness (QED) is 0.727. The van der Waals surface area contributed by atoms with E-state index in [2.05, 4.69) is 10.6 Å². The third-order valence-electron chi connectivity index (χ3n) is 5.96. The average Bonchev–Trinajstić information content (AvgIpc) is 3.23. The number of anilines is 1. The topological polar surface area (TPSA) is 61.4 Å². The zero-order valence-corrected chi connectivity index (χ0v) is 16.2. The summed E-state index contributed by atoms with van der Waals surface area (Å²) in [4.78, 5) is 28.9. The van der Waals surface area contributed by atoms with Crippen LogP contribution < -0.4 is 10.6 Å². The van der Waals surface area contributed by atoms with Crippen molar-refractivity contribution in [1.29, 1.82) is 0 Å². The summed E-state index contributed by atoms with van der Waals surface area (Å²) in [5.74, 6) is -0.536. The lowest BCUT2D eigenvalue weighted by Crippen LogP contribution is -2.61. The third kappa shape index (κ3) is 1.91. The molecule has 0 aliphatic carbocycles. The van der Waals surface area contributed by atoms with Gasteiger partial charge in [-0.25, -0.2) is 0 Å². The molecule has 0 aromatic heterocycles. The summed E-state index contributed by atoms with van der Waals surface area (Å²) in [7, 11) is 1.92. The van der Waals surface area contributed by atoms with E-state index in [1.165, 1.54) is 11.8 Å². The van der Waals surface area contributed by atoms with Crippen LogP contribution in [0.15, 0.2) is 54.6 Å². The first-order valence-corrected chi connectivity index (χ1v) is 9.96. The fourth-order valence-electron chi connectivity index (χ4n) is 4.96. The standard InChI is InChI=1S/C20H17N3O2S2/c1-23-11-14(12-7-3-2-4-8-12)20(17(25)22-18(26)27-20)19(23)13-9-5-6-10-15(13)21-16(19)24/h2-10,14H,11H2,1H3,(H,21,24)(H,22,25,26)/t14-,19+,20-/m1/s1. The van der Waals surface area contributed by atoms with Gasteiger partial charge in [-0.15, -0.1) is 0 Å². The van der Waals surface area contributed by atoms with Crippen molar-refractivity contribution >= 4 is 45.8 Å². The number of hydrogen-bond acceptors (Lipinski definition) is 5. The van der Waals surface area contributed by atoms with Gasteiger partial charge in [0.25, 0.3) is 5.91 Å². The lowest BCUT2D eigenvalue weighted by Gasteiger charge is -2.41. The van der Waals surface area contributed by atoms with Crippen molar-refractivity contribution in [3.05, 3.63) is 65.7 Å². The summed E-state index contributed by atoms with van der Waals surface area (Å²) in [6.07, 6.45) is 0. The molecule has 0 unspecified atom stereocenters. The van der Waals surface area contributed by atoms with Gasteiger partial charge in [0.1, 0.15) is 9.07 Å². The first-order chi connectivity index (χ1) is 13.0. The normalized spacial score (nSPS) is 32.2. The highest BCUT2D eigenvalue weighted by Crippen LogP contribution is 2.64. The SMILES string of the molecule is CN1C[C@H](c2ccccc2)[C@]2(SC(=S)NC2=O)[C@]12C(=O)Nc1ccccc12. The van der Waals surface area contributed by atoms with Crippen LogP contribution in [0, 0.1) is 0 Å². The van der Waals surface area contributed by atoms with Crippen molar-refractivity contribution in [3.63, 3.8) is 0 Å². The van der Waals surface area contributed by atoms with Crippen molar-refractivity contribution in [2.45, 2.75) is 16.2 Å². The Balaban J connectivity index is 1.83. The van der Waals surface area contributed by atoms with E-state index in [1.54, 1.807) is 0 Å². The van der Waals surface area contributed by atoms with E-state index in [-0.39, 0.29) is 17.7 Å². The predicted molar refractivity (Wildman–Crippen MR) is 110 cm³/mol. The minimum Gasteiger partial charge on any atom is -0.324 e. The number of hydrogen-bond donors (Lipinski definition) is 2. The Bertz CT molecular complexity index is 996. The summed E-state index contributed by atoms with van der Waals surface area (Å²) in [6, 6.07) is 17.5. The van der Waals surface area contributed by atoms with Gasteiger partial charge < -0.3 is 10.6 Å². The summed E-state index contributed by atoms with van der Waals surface area (Å²) in [5, 5.41) is 5.82. The molecule has 7 heteroatoms. The summed E-state index contributed by atoms with van der Waals surface area (Å²) < 4.78 is -0.635. The zero-order valence-electron chi connectivity index (χ0n) is 14.6. The monoisotopic (exact) mass is 395 g/mol. The van der Waals surface area contributed by atoms with Gasteiger partial charge in [-0.1, -0.05) is 72.5 Å². The second-order valence-corrected chi connectivity index (χ2v) is 9.06. The number of benzene rings is 2. The van der Waals surface area contributed by atoms with Crippen LogP contribution in [-0.2, 0) is 15.1 Å². The Labute approximate surface area is 166 Å². The minimum absolute atomic E-state index is 0.169. The van der Waals surface area contributed by atoms with Gasteiger partial charge in [0, 0.05) is 23.7 Å². The van der Waals surface area contributed by atoms with Gasteiger partial charge >= 0.3 is 0 Å². The molecule has 3 atom stereocenters. The summed E-state index contributed by atoms with van der Waals surface area (Å²) in [5.41, 5.74) is 1.52. The highest BCUT2D eigenvalue weighted by atomic mass is 32.2. The molecule has 136 valence electrons. The van der Waals surface area contributed by atoms with E-state index in [0.29, 0.717) is 10.9 Å². The lowest BCUT2D eigenvalue weighted by molar-refractivity contribution is -0.133. The van der Waals surface area contributed by atoms with Crippen LogP contribution in [-0.4, -0.2) is 39.4 Å². The number of carbonyl (C=O) groups excluding carboxylic acids is 2. The van der Waals surface area contributed by atoms with Gasteiger partial charge in [-0.2, -0.15) is 0 Å². The van der Waals surface area contributed by atoms with Crippen molar-refractivity contribution < 1.29 is 9.59 Å². The van der Waals surface area contributed by atoms with E-state index >= 15 is 0 Å². The Morgan fingerprint density at radius 2 is 1.74 bits per heavy atom. The maximum atomic E-state index is 13.5. The molecule has 5 rings (SSSR count). The number of amides is 2. The molecule has 2 N–H and O–H groups in total. The van der Waals surface area contributed by atoms with Crippen LogP contribution in [0.25, 0.3) is 0 Å². The van der Waals surface area contributed by atoms with Crippen molar-refractivity contribution in [3.8, 4) is 0 Å². The fourth-order valence-corrected chi connectivity index (χ4v) is 6.89. The molecule has 0 radical (unpaired) electrons. The molecule has 2 aromatic carbocycles. The highest BCUT2D eigenvalue weighted by Gasteiger charge is 2.76. The first kappa shape index (κ1) is 16.9. The van der Waals surface area contributed by atoms with Crippen LogP contribution >= 0.6 is 24.0 Å². The molecule has 3 aliphatic rings. The van der Waals surface area contributed by atoms with E-state index in [9.17, 15) is 9.59 Å². The molecule has 0 bridgehead atoms. The number of likely N-dealkylation sites (N-methyl/N-ethyl adjacent to an activating group) is 1. The Morgan fingerprint density at radius 3 is 2.44 bits per heavy atom. The number of rotatable bonds is 1. The molecule has 27 heavy (non-hydrogen) atoms. The van der Waals surface area contributed by atoms with Crippen molar-refractivity contribution in [2.75, 3.05) is 18.9 Å². The van der Waals surface area contributed by atoms with Gasteiger partial charge in [0.05, 0.1) is 0 Å². The smallest absolute Gasteiger partial charge is 0.251 e. The Kier molecular flexibility index (Phi) is 3.53. The molecule has 0 saturated carbocycles. The third-order valence-corrected chi connectivity index (χ3v) is 7.69. The number of thiocarbonyl (C=S) groups is 1. The molecule has 3 heterocycles. The molecule has 2 saturated heterocycles. The number of likely N-dealkylation sites (tertiary alicyclic amines) is 1. The molecule has 2 amide bonds. The number of carbonyl (C=O) groups is 2. The minimum atomic E-state index is -1.11. The average molecular weight is 396 g/mol. The number of para-hydroxylation sites is 1. The van der Waals surface area contributed by atoms with Crippen LogP contribution in [0.4, 0.5) is 5.69 Å². The highest BCUT2D eigenvalue weighted by molar-refractivity contribution is 8.25. The van der Waals surface area contributed by atoms with Crippen LogP contribution in [0.2, 0.25) is 0 Å². The molecule has 2 aromatic rings. The fraction of sp³-hybridized carbons (Fsp3) is 0.250. The first-order valence-electron chi connectivity index (χ1n) is 8.73. The Morgan fingerprint density at radius 1 is 1.04 bits per heavy atom. The van der Waals surface area contributed by atoms with Crippen LogP contribution in [0.5, 0.6) is 0 Å². The van der Waals surface area contributed by atoms with Gasteiger partial charge in [0.15, 0.2) is 5.54 Å². The zero-order chi connectivity index (χ0) is 18.8. The van der Waals surface area contributed by atoms with Gasteiger partial charge in [-0.3, -0.25) is 14.5 Å². The number of nitrogens with one attached hydrogen (secondary N) is 2. The van der Waals surface area contributed by atoms with Crippen molar-refractivity contribution in [2.24, 2.45) is 0 Å². The number of fused-ring (bicyclic) bond motifs is 3. The summed E-state index contributed by atoms with van der Waals surface area (Å²) >= 11 is 6.71. The number of thioether (sulfide) groups is 1. The van der Waals surface area contributed by atoms with E-state index in [1.807, 2.05) is 66.5 Å². The second kappa shape index (κ2) is 5.64. The molecular formula is C20H17N3O2S2. The van der Waals surface area contributed by atoms with E-state index in [4.69, 9.17) is 12.2 Å². The van der Waals surface area contributed by atoms with Crippen LogP contribution in [0.1, 0.15) is 17.0 Å². The molecule has 3 aliphatic heterocycles. The van der Waals surface area contributed by atoms with E-state index < -0.39 is 10.3 Å². The van der Waals surface area contributed by atoms with E-state index in [0.717, 1.165) is 16.8 Å².